The molecule has 0 unspecified atom stereocenters. The number of aryl methyl sites for hydroxylation is 1. The van der Waals surface area contributed by atoms with E-state index >= 15 is 0 Å². The number of nitrogens with zero attached hydrogens (tertiary/aromatic N) is 1. The molecule has 126 valence electrons. The number of benzene rings is 1. The summed E-state index contributed by atoms with van der Waals surface area (Å²) in [5, 5.41) is 6.13. The van der Waals surface area contributed by atoms with E-state index in [0.717, 1.165) is 38.3 Å². The number of rotatable bonds is 5. The minimum Gasteiger partial charge on any atom is -0.338 e. The van der Waals surface area contributed by atoms with Crippen LogP contribution in [0, 0.1) is 5.92 Å². The van der Waals surface area contributed by atoms with E-state index in [1.807, 2.05) is 0 Å². The van der Waals surface area contributed by atoms with Crippen LogP contribution in [-0.2, 0) is 6.42 Å². The summed E-state index contributed by atoms with van der Waals surface area (Å²) < 4.78 is 0. The topological polar surface area (TPSA) is 44.4 Å². The SMILES string of the molecule is C[C@H]1CCCN(CCCNC(=O)N[C@@H]2CCc3ccccc32)C1. The lowest BCUT2D eigenvalue weighted by atomic mass is 10.0. The zero-order chi connectivity index (χ0) is 16.1. The normalized spacial score (nSPS) is 24.2. The van der Waals surface area contributed by atoms with E-state index in [0.29, 0.717) is 0 Å². The first-order chi connectivity index (χ1) is 11.2. The molecule has 1 saturated heterocycles. The Hall–Kier alpha value is -1.55. The average molecular weight is 315 g/mol. The van der Waals surface area contributed by atoms with Gasteiger partial charge in [0.25, 0.3) is 0 Å². The highest BCUT2D eigenvalue weighted by atomic mass is 16.2. The standard InChI is InChI=1S/C19H29N3O/c1-15-6-4-12-22(14-15)13-5-11-20-19(23)21-18-10-9-16-7-2-3-8-17(16)18/h2-3,7-8,15,18H,4-6,9-14H2,1H3,(H2,20,21,23)/t15-,18+/m0/s1. The maximum absolute atomic E-state index is 12.1. The molecular weight excluding hydrogens is 286 g/mol. The van der Waals surface area contributed by atoms with Gasteiger partial charge in [-0.05, 0) is 62.2 Å². The van der Waals surface area contributed by atoms with E-state index in [-0.39, 0.29) is 12.1 Å². The van der Waals surface area contributed by atoms with Gasteiger partial charge in [-0.15, -0.1) is 0 Å². The second kappa shape index (κ2) is 7.82. The fourth-order valence-electron chi connectivity index (χ4n) is 3.91. The van der Waals surface area contributed by atoms with E-state index in [1.165, 1.54) is 37.1 Å². The summed E-state index contributed by atoms with van der Waals surface area (Å²) in [7, 11) is 0. The monoisotopic (exact) mass is 315 g/mol. The Labute approximate surface area is 139 Å². The Bertz CT molecular complexity index is 531. The van der Waals surface area contributed by atoms with Gasteiger partial charge in [0.05, 0.1) is 6.04 Å². The van der Waals surface area contributed by atoms with Gasteiger partial charge < -0.3 is 15.5 Å². The van der Waals surface area contributed by atoms with Crippen molar-refractivity contribution in [1.29, 1.82) is 0 Å². The number of likely N-dealkylation sites (tertiary alicyclic amines) is 1. The van der Waals surface area contributed by atoms with E-state index in [4.69, 9.17) is 0 Å². The Morgan fingerprint density at radius 2 is 2.17 bits per heavy atom. The van der Waals surface area contributed by atoms with Crippen LogP contribution in [0.5, 0.6) is 0 Å². The summed E-state index contributed by atoms with van der Waals surface area (Å²) in [6.45, 7) is 6.61. The molecule has 1 aliphatic heterocycles. The van der Waals surface area contributed by atoms with Gasteiger partial charge in [-0.1, -0.05) is 31.2 Å². The summed E-state index contributed by atoms with van der Waals surface area (Å²) in [5.74, 6) is 0.822. The van der Waals surface area contributed by atoms with E-state index in [2.05, 4.69) is 46.7 Å². The van der Waals surface area contributed by atoms with Gasteiger partial charge in [-0.25, -0.2) is 4.79 Å². The number of hydrogen-bond acceptors (Lipinski definition) is 2. The molecule has 2 N–H and O–H groups in total. The van der Waals surface area contributed by atoms with E-state index < -0.39 is 0 Å². The highest BCUT2D eigenvalue weighted by Gasteiger charge is 2.23. The molecule has 0 bridgehead atoms. The van der Waals surface area contributed by atoms with Crippen LogP contribution in [0.4, 0.5) is 4.79 Å². The van der Waals surface area contributed by atoms with Crippen molar-refractivity contribution >= 4 is 6.03 Å². The quantitative estimate of drug-likeness (QED) is 0.820. The van der Waals surface area contributed by atoms with Gasteiger partial charge in [0, 0.05) is 13.1 Å². The van der Waals surface area contributed by atoms with Crippen LogP contribution in [0.15, 0.2) is 24.3 Å². The molecule has 0 saturated carbocycles. The third kappa shape index (κ3) is 4.47. The first kappa shape index (κ1) is 16.3. The molecule has 4 nitrogen and oxygen atoms in total. The Kier molecular flexibility index (Phi) is 5.55. The van der Waals surface area contributed by atoms with Gasteiger partial charge in [0.1, 0.15) is 0 Å². The smallest absolute Gasteiger partial charge is 0.315 e. The van der Waals surface area contributed by atoms with Crippen LogP contribution in [0.3, 0.4) is 0 Å². The summed E-state index contributed by atoms with van der Waals surface area (Å²) >= 11 is 0. The molecule has 0 aromatic heterocycles. The maximum Gasteiger partial charge on any atom is 0.315 e. The largest absolute Gasteiger partial charge is 0.338 e. The molecule has 1 aliphatic carbocycles. The maximum atomic E-state index is 12.1. The lowest BCUT2D eigenvalue weighted by Crippen LogP contribution is -2.40. The highest BCUT2D eigenvalue weighted by molar-refractivity contribution is 5.74. The first-order valence-electron chi connectivity index (χ1n) is 9.07. The molecule has 1 fully saturated rings. The van der Waals surface area contributed by atoms with Crippen molar-refractivity contribution in [2.45, 2.75) is 45.1 Å². The number of carbonyl (C=O) groups excluding carboxylic acids is 1. The number of hydrogen-bond donors (Lipinski definition) is 2. The summed E-state index contributed by atoms with van der Waals surface area (Å²) in [5.41, 5.74) is 2.65. The molecule has 0 radical (unpaired) electrons. The molecule has 4 heteroatoms. The second-order valence-electron chi connectivity index (χ2n) is 7.09. The Morgan fingerprint density at radius 1 is 1.30 bits per heavy atom. The van der Waals surface area contributed by atoms with Crippen molar-refractivity contribution < 1.29 is 4.79 Å². The number of amides is 2. The second-order valence-corrected chi connectivity index (χ2v) is 7.09. The molecule has 1 heterocycles. The third-order valence-corrected chi connectivity index (χ3v) is 5.12. The number of piperidine rings is 1. The molecule has 0 spiro atoms. The molecule has 1 aromatic carbocycles. The average Bonchev–Trinajstić information content (AvgIpc) is 2.95. The van der Waals surface area contributed by atoms with Crippen LogP contribution >= 0.6 is 0 Å². The fraction of sp³-hybridized carbons (Fsp3) is 0.632. The predicted octanol–water partition coefficient (Wildman–Crippen LogP) is 3.10. The first-order valence-corrected chi connectivity index (χ1v) is 9.07. The van der Waals surface area contributed by atoms with E-state index in [1.54, 1.807) is 0 Å². The molecule has 3 rings (SSSR count). The van der Waals surface area contributed by atoms with Crippen molar-refractivity contribution in [3.8, 4) is 0 Å². The number of fused-ring (bicyclic) bond motifs is 1. The van der Waals surface area contributed by atoms with Crippen LogP contribution in [0.2, 0.25) is 0 Å². The molecular formula is C19H29N3O. The van der Waals surface area contributed by atoms with Crippen molar-refractivity contribution in [3.63, 3.8) is 0 Å². The Balaban J connectivity index is 1.34. The fourth-order valence-corrected chi connectivity index (χ4v) is 3.91. The van der Waals surface area contributed by atoms with Gasteiger partial charge in [-0.2, -0.15) is 0 Å². The van der Waals surface area contributed by atoms with Gasteiger partial charge in [0.2, 0.25) is 0 Å². The van der Waals surface area contributed by atoms with Crippen LogP contribution in [0.1, 0.15) is 49.8 Å². The Morgan fingerprint density at radius 3 is 3.04 bits per heavy atom. The van der Waals surface area contributed by atoms with Gasteiger partial charge in [-0.3, -0.25) is 0 Å². The van der Waals surface area contributed by atoms with Crippen molar-refractivity contribution in [3.05, 3.63) is 35.4 Å². The number of nitrogens with one attached hydrogen (secondary N) is 2. The van der Waals surface area contributed by atoms with Crippen molar-refractivity contribution in [2.24, 2.45) is 5.92 Å². The molecule has 1 aromatic rings. The number of carbonyl (C=O) groups is 1. The predicted molar refractivity (Wildman–Crippen MR) is 93.5 cm³/mol. The van der Waals surface area contributed by atoms with E-state index in [9.17, 15) is 4.79 Å². The molecule has 2 amide bonds. The van der Waals surface area contributed by atoms with Crippen LogP contribution < -0.4 is 10.6 Å². The molecule has 2 atom stereocenters. The third-order valence-electron chi connectivity index (χ3n) is 5.12. The van der Waals surface area contributed by atoms with Gasteiger partial charge >= 0.3 is 6.03 Å². The zero-order valence-corrected chi connectivity index (χ0v) is 14.2. The van der Waals surface area contributed by atoms with Crippen LogP contribution in [0.25, 0.3) is 0 Å². The van der Waals surface area contributed by atoms with Crippen molar-refractivity contribution in [1.82, 2.24) is 15.5 Å². The number of urea groups is 1. The minimum absolute atomic E-state index is 0.0290. The summed E-state index contributed by atoms with van der Waals surface area (Å²) in [6, 6.07) is 8.56. The molecule has 23 heavy (non-hydrogen) atoms. The summed E-state index contributed by atoms with van der Waals surface area (Å²) in [6.07, 6.45) is 5.78. The van der Waals surface area contributed by atoms with Crippen LogP contribution in [-0.4, -0.2) is 37.1 Å². The lowest BCUT2D eigenvalue weighted by molar-refractivity contribution is 0.181. The minimum atomic E-state index is -0.0290. The van der Waals surface area contributed by atoms with Crippen molar-refractivity contribution in [2.75, 3.05) is 26.2 Å². The molecule has 2 aliphatic rings. The lowest BCUT2D eigenvalue weighted by Gasteiger charge is -2.30. The highest BCUT2D eigenvalue weighted by Crippen LogP contribution is 2.30. The van der Waals surface area contributed by atoms with Gasteiger partial charge in [0.15, 0.2) is 0 Å². The summed E-state index contributed by atoms with van der Waals surface area (Å²) in [4.78, 5) is 14.6. The zero-order valence-electron chi connectivity index (χ0n) is 14.2.